The van der Waals surface area contributed by atoms with Crippen LogP contribution in [0.5, 0.6) is 11.5 Å². The number of fused-ring (bicyclic) bond motifs is 1. The summed E-state index contributed by atoms with van der Waals surface area (Å²) in [7, 11) is 1.89. The summed E-state index contributed by atoms with van der Waals surface area (Å²) in [6, 6.07) is 14.1. The summed E-state index contributed by atoms with van der Waals surface area (Å²) in [5.74, 6) is 0.484. The fraction of sp³-hybridized carbons (Fsp3) is 0.233. The number of pyridine rings is 1. The second-order valence-electron chi connectivity index (χ2n) is 9.93. The average molecular weight is 527 g/mol. The van der Waals surface area contributed by atoms with E-state index in [-0.39, 0.29) is 12.0 Å². The zero-order valence-electron chi connectivity index (χ0n) is 22.6. The molecule has 0 radical (unpaired) electrons. The third-order valence-corrected chi connectivity index (χ3v) is 6.00. The monoisotopic (exact) mass is 526 g/mol. The molecule has 0 aliphatic rings. The summed E-state index contributed by atoms with van der Waals surface area (Å²) >= 11 is 0. The smallest absolute Gasteiger partial charge is 0.138 e. The van der Waals surface area contributed by atoms with Gasteiger partial charge in [0.05, 0.1) is 28.6 Å². The fourth-order valence-corrected chi connectivity index (χ4v) is 3.84. The Morgan fingerprint density at radius 2 is 1.90 bits per heavy atom. The minimum Gasteiger partial charge on any atom is -0.456 e. The number of rotatable bonds is 6. The van der Waals surface area contributed by atoms with Crippen LogP contribution in [-0.4, -0.2) is 38.3 Å². The van der Waals surface area contributed by atoms with Crippen molar-refractivity contribution in [2.45, 2.75) is 39.7 Å². The molecule has 5 rings (SSSR count). The molecule has 200 valence electrons. The van der Waals surface area contributed by atoms with Crippen LogP contribution in [-0.2, 0) is 16.8 Å². The van der Waals surface area contributed by atoms with Crippen LogP contribution >= 0.6 is 0 Å². The van der Waals surface area contributed by atoms with E-state index < -0.39 is 5.82 Å². The maximum absolute atomic E-state index is 14.3. The first-order chi connectivity index (χ1) is 18.7. The van der Waals surface area contributed by atoms with Crippen molar-refractivity contribution in [1.82, 2.24) is 25.0 Å². The Morgan fingerprint density at radius 3 is 2.54 bits per heavy atom. The molecule has 0 fully saturated rings. The Kier molecular flexibility index (Phi) is 8.29. The second kappa shape index (κ2) is 11.8. The molecule has 8 nitrogen and oxygen atoms in total. The fourth-order valence-electron chi connectivity index (χ4n) is 3.84. The van der Waals surface area contributed by atoms with E-state index in [1.54, 1.807) is 24.5 Å². The molecule has 0 aliphatic carbocycles. The Labute approximate surface area is 226 Å². The molecule has 1 N–H and O–H groups in total. The number of anilines is 1. The van der Waals surface area contributed by atoms with Gasteiger partial charge in [0, 0.05) is 49.1 Å². The molecule has 2 aromatic carbocycles. The predicted molar refractivity (Wildman–Crippen MR) is 151 cm³/mol. The lowest BCUT2D eigenvalue weighted by molar-refractivity contribution is -0.107. The molecule has 3 aromatic heterocycles. The average Bonchev–Trinajstić information content (AvgIpc) is 3.43. The number of carbonyl (C=O) groups excluding carboxylic acids is 1. The van der Waals surface area contributed by atoms with E-state index >= 15 is 0 Å². The number of hydrogen-bond acceptors (Lipinski definition) is 7. The highest BCUT2D eigenvalue weighted by atomic mass is 19.1. The van der Waals surface area contributed by atoms with Gasteiger partial charge in [-0.3, -0.25) is 9.67 Å². The van der Waals surface area contributed by atoms with Crippen molar-refractivity contribution >= 4 is 22.9 Å². The van der Waals surface area contributed by atoms with Crippen molar-refractivity contribution in [2.24, 2.45) is 0 Å². The van der Waals surface area contributed by atoms with E-state index in [0.717, 1.165) is 33.4 Å². The number of aromatic nitrogens is 5. The first-order valence-corrected chi connectivity index (χ1v) is 12.5. The van der Waals surface area contributed by atoms with E-state index in [9.17, 15) is 9.18 Å². The van der Waals surface area contributed by atoms with Gasteiger partial charge in [0.15, 0.2) is 0 Å². The standard InChI is InChI=1S/C22H16FN3O2.C8H15N3/c1-14-11-15(7-10-27)18(23)13-22(14)28-21-6-9-24-20-5-4-16(12-17(20)21)19-3-2-8-25-26-19;1-8(2,3)11-6-7(9-4)5-10-11/h2-6,8-13H,7H2,1H3;5-6,9H,1-4H3. The molecular weight excluding hydrogens is 495 g/mol. The van der Waals surface area contributed by atoms with Gasteiger partial charge in [0.25, 0.3) is 0 Å². The molecule has 0 amide bonds. The largest absolute Gasteiger partial charge is 0.456 e. The van der Waals surface area contributed by atoms with E-state index in [1.807, 2.05) is 61.4 Å². The summed E-state index contributed by atoms with van der Waals surface area (Å²) < 4.78 is 22.2. The predicted octanol–water partition coefficient (Wildman–Crippen LogP) is 6.35. The summed E-state index contributed by atoms with van der Waals surface area (Å²) in [5.41, 5.74) is 4.59. The maximum atomic E-state index is 14.3. The van der Waals surface area contributed by atoms with E-state index in [0.29, 0.717) is 23.3 Å². The van der Waals surface area contributed by atoms with Gasteiger partial charge in [0.1, 0.15) is 23.6 Å². The number of nitrogens with one attached hydrogen (secondary N) is 1. The molecule has 5 aromatic rings. The molecule has 0 atom stereocenters. The normalized spacial score (nSPS) is 11.0. The van der Waals surface area contributed by atoms with Gasteiger partial charge >= 0.3 is 0 Å². The van der Waals surface area contributed by atoms with Gasteiger partial charge in [-0.15, -0.1) is 0 Å². The number of aldehydes is 1. The van der Waals surface area contributed by atoms with Crippen LogP contribution < -0.4 is 10.1 Å². The van der Waals surface area contributed by atoms with Crippen molar-refractivity contribution < 1.29 is 13.9 Å². The summed E-state index contributed by atoms with van der Waals surface area (Å²) in [4.78, 5) is 15.1. The van der Waals surface area contributed by atoms with Gasteiger partial charge in [-0.05, 0) is 75.2 Å². The summed E-state index contributed by atoms with van der Waals surface area (Å²) in [6.07, 6.45) is 7.80. The molecule has 0 saturated heterocycles. The van der Waals surface area contributed by atoms with Crippen LogP contribution in [0.2, 0.25) is 0 Å². The highest BCUT2D eigenvalue weighted by molar-refractivity contribution is 5.89. The number of benzene rings is 2. The molecular formula is C30H31FN6O2. The lowest BCUT2D eigenvalue weighted by Gasteiger charge is -2.18. The van der Waals surface area contributed by atoms with Crippen LogP contribution in [0.15, 0.2) is 73.3 Å². The molecule has 3 heterocycles. The number of hydrogen-bond donors (Lipinski definition) is 1. The van der Waals surface area contributed by atoms with Crippen molar-refractivity contribution in [3.63, 3.8) is 0 Å². The quantitative estimate of drug-likeness (QED) is 0.258. The highest BCUT2D eigenvalue weighted by Gasteiger charge is 2.14. The Bertz CT molecular complexity index is 1580. The number of aryl methyl sites for hydroxylation is 1. The number of halogens is 1. The van der Waals surface area contributed by atoms with Crippen molar-refractivity contribution in [1.29, 1.82) is 0 Å². The number of ether oxygens (including phenoxy) is 1. The van der Waals surface area contributed by atoms with Gasteiger partial charge in [-0.1, -0.05) is 6.07 Å². The number of carbonyl (C=O) groups is 1. The van der Waals surface area contributed by atoms with Crippen molar-refractivity contribution in [3.8, 4) is 22.8 Å². The first kappa shape index (κ1) is 27.4. The van der Waals surface area contributed by atoms with Gasteiger partial charge in [-0.25, -0.2) is 4.39 Å². The minimum atomic E-state index is -0.466. The maximum Gasteiger partial charge on any atom is 0.138 e. The Balaban J connectivity index is 0.000000270. The third-order valence-electron chi connectivity index (χ3n) is 6.00. The SMILES string of the molecule is CNc1cnn(C(C)(C)C)c1.Cc1cc(CC=O)c(F)cc1Oc1ccnc2ccc(-c3cccnn3)cc12. The second-order valence-corrected chi connectivity index (χ2v) is 9.93. The lowest BCUT2D eigenvalue weighted by Crippen LogP contribution is -2.21. The molecule has 0 saturated carbocycles. The van der Waals surface area contributed by atoms with Crippen molar-refractivity contribution in [3.05, 3.63) is 90.3 Å². The van der Waals surface area contributed by atoms with Crippen LogP contribution in [0, 0.1) is 12.7 Å². The molecule has 39 heavy (non-hydrogen) atoms. The van der Waals surface area contributed by atoms with Crippen LogP contribution in [0.3, 0.4) is 0 Å². The van der Waals surface area contributed by atoms with Gasteiger partial charge in [0.2, 0.25) is 0 Å². The third kappa shape index (κ3) is 6.62. The van der Waals surface area contributed by atoms with Crippen molar-refractivity contribution in [2.75, 3.05) is 12.4 Å². The summed E-state index contributed by atoms with van der Waals surface area (Å²) in [5, 5.41) is 16.1. The minimum absolute atomic E-state index is 0.0343. The van der Waals surface area contributed by atoms with Gasteiger partial charge < -0.3 is 14.8 Å². The van der Waals surface area contributed by atoms with Crippen LogP contribution in [0.4, 0.5) is 10.1 Å². The zero-order chi connectivity index (χ0) is 28.0. The van der Waals surface area contributed by atoms with E-state index in [2.05, 4.69) is 46.4 Å². The molecule has 0 unspecified atom stereocenters. The van der Waals surface area contributed by atoms with Gasteiger partial charge in [-0.2, -0.15) is 15.3 Å². The van der Waals surface area contributed by atoms with E-state index in [4.69, 9.17) is 4.74 Å². The number of nitrogens with zero attached hydrogens (tertiary/aromatic N) is 5. The highest BCUT2D eigenvalue weighted by Crippen LogP contribution is 2.34. The van der Waals surface area contributed by atoms with Crippen LogP contribution in [0.25, 0.3) is 22.2 Å². The molecule has 0 bridgehead atoms. The lowest BCUT2D eigenvalue weighted by atomic mass is 10.1. The van der Waals surface area contributed by atoms with E-state index in [1.165, 1.54) is 6.07 Å². The topological polar surface area (TPSA) is 94.8 Å². The first-order valence-electron chi connectivity index (χ1n) is 12.5. The molecule has 0 spiro atoms. The zero-order valence-corrected chi connectivity index (χ0v) is 22.6. The Morgan fingerprint density at radius 1 is 1.08 bits per heavy atom. The Hall–Kier alpha value is -4.66. The molecule has 0 aliphatic heterocycles. The summed E-state index contributed by atoms with van der Waals surface area (Å²) in [6.45, 7) is 8.19. The van der Waals surface area contributed by atoms with Crippen LogP contribution in [0.1, 0.15) is 31.9 Å². The molecule has 9 heteroatoms.